The summed E-state index contributed by atoms with van der Waals surface area (Å²) in [6, 6.07) is 8.01. The fourth-order valence-electron chi connectivity index (χ4n) is 3.57. The first-order chi connectivity index (χ1) is 14.5. The lowest BCUT2D eigenvalue weighted by Gasteiger charge is -2.26. The minimum absolute atomic E-state index is 0.0925. The number of carbonyl (C=O) groups is 1. The smallest absolute Gasteiger partial charge is 0.234 e. The summed E-state index contributed by atoms with van der Waals surface area (Å²) in [4.78, 5) is 17.9. The van der Waals surface area contributed by atoms with Gasteiger partial charge in [-0.3, -0.25) is 9.20 Å². The summed E-state index contributed by atoms with van der Waals surface area (Å²) in [5.41, 5.74) is 4.39. The van der Waals surface area contributed by atoms with Crippen LogP contribution in [0.4, 0.5) is 10.8 Å². The normalized spacial score (nSPS) is 19.3. The number of piperidine rings is 1. The summed E-state index contributed by atoms with van der Waals surface area (Å²) in [7, 11) is 1.56. The van der Waals surface area contributed by atoms with Gasteiger partial charge in [0.15, 0.2) is 0 Å². The summed E-state index contributed by atoms with van der Waals surface area (Å²) in [6.45, 7) is 7.83. The zero-order chi connectivity index (χ0) is 21.3. The van der Waals surface area contributed by atoms with Crippen LogP contribution in [0.1, 0.15) is 30.5 Å². The van der Waals surface area contributed by atoms with Gasteiger partial charge in [-0.2, -0.15) is 0 Å². The van der Waals surface area contributed by atoms with E-state index in [1.807, 2.05) is 60.2 Å². The number of hydrogen-bond acceptors (Lipinski definition) is 5. The molecule has 4 rings (SSSR count). The average molecular weight is 421 g/mol. The second kappa shape index (κ2) is 8.20. The molecule has 0 aliphatic carbocycles. The predicted molar refractivity (Wildman–Crippen MR) is 121 cm³/mol. The van der Waals surface area contributed by atoms with Crippen molar-refractivity contribution in [2.45, 2.75) is 26.2 Å². The van der Waals surface area contributed by atoms with Gasteiger partial charge in [0.05, 0.1) is 23.7 Å². The maximum Gasteiger partial charge on any atom is 0.234 e. The third-order valence-electron chi connectivity index (χ3n) is 5.15. The number of methoxy groups -OCH3 is 1. The van der Waals surface area contributed by atoms with Crippen LogP contribution in [0.5, 0.6) is 0 Å². The number of aromatic nitrogens is 2. The van der Waals surface area contributed by atoms with E-state index in [2.05, 4.69) is 17.2 Å². The topological polar surface area (TPSA) is 67.7 Å². The maximum absolute atomic E-state index is 13.1. The number of fused-ring (bicyclic) bond motifs is 1. The zero-order valence-corrected chi connectivity index (χ0v) is 18.0. The molecule has 6 nitrogen and oxygen atoms in total. The molecule has 1 fully saturated rings. The molecule has 7 heteroatoms. The first kappa shape index (κ1) is 20.0. The molecule has 3 aromatic heterocycles. The molecule has 4 heterocycles. The lowest BCUT2D eigenvalue weighted by Crippen LogP contribution is -2.35. The molecule has 1 amide bonds. The maximum atomic E-state index is 13.1. The number of allylic oxidation sites excluding steroid dienone is 3. The Morgan fingerprint density at radius 3 is 2.97 bits per heavy atom. The molecule has 1 aliphatic rings. The number of rotatable bonds is 5. The number of carbonyl (C=O) groups excluding carboxylic acids is 1. The predicted octanol–water partition coefficient (Wildman–Crippen LogP) is 5.04. The summed E-state index contributed by atoms with van der Waals surface area (Å²) in [5, 5.41) is 9.50. The Labute approximate surface area is 179 Å². The van der Waals surface area contributed by atoms with Gasteiger partial charge in [-0.15, -0.1) is 11.3 Å². The Hall–Kier alpha value is -3.32. The lowest BCUT2D eigenvalue weighted by atomic mass is 9.89. The van der Waals surface area contributed by atoms with Crippen molar-refractivity contribution >= 4 is 33.7 Å². The zero-order valence-electron chi connectivity index (χ0n) is 17.2. The largest absolute Gasteiger partial charge is 0.497 e. The van der Waals surface area contributed by atoms with Gasteiger partial charge in [0.25, 0.3) is 0 Å². The number of thiophene rings is 1. The molecule has 154 valence electrons. The van der Waals surface area contributed by atoms with Gasteiger partial charge < -0.3 is 15.4 Å². The van der Waals surface area contributed by atoms with Crippen molar-refractivity contribution in [3.05, 3.63) is 82.9 Å². The highest BCUT2D eigenvalue weighted by Gasteiger charge is 2.34. The van der Waals surface area contributed by atoms with Gasteiger partial charge in [-0.25, -0.2) is 4.98 Å². The summed E-state index contributed by atoms with van der Waals surface area (Å²) in [5.74, 6) is 0.809. The molecule has 1 atom stereocenters. The molecule has 2 N–H and O–H groups in total. The number of amides is 1. The number of anilines is 2. The van der Waals surface area contributed by atoms with Crippen molar-refractivity contribution in [1.82, 2.24) is 14.7 Å². The first-order valence-corrected chi connectivity index (χ1v) is 10.6. The van der Waals surface area contributed by atoms with Crippen LogP contribution < -0.4 is 10.6 Å². The number of imidazole rings is 1. The van der Waals surface area contributed by atoms with Crippen LogP contribution >= 0.6 is 11.3 Å². The third-order valence-corrected chi connectivity index (χ3v) is 5.93. The van der Waals surface area contributed by atoms with Gasteiger partial charge in [0.1, 0.15) is 17.2 Å². The van der Waals surface area contributed by atoms with E-state index in [0.29, 0.717) is 12.2 Å². The van der Waals surface area contributed by atoms with Crippen molar-refractivity contribution in [2.24, 2.45) is 0 Å². The van der Waals surface area contributed by atoms with E-state index in [0.717, 1.165) is 39.0 Å². The van der Waals surface area contributed by atoms with Crippen LogP contribution in [0.25, 0.3) is 5.65 Å². The Kier molecular flexibility index (Phi) is 5.46. The van der Waals surface area contributed by atoms with E-state index < -0.39 is 5.92 Å². The third kappa shape index (κ3) is 3.76. The number of pyridine rings is 1. The van der Waals surface area contributed by atoms with Crippen molar-refractivity contribution in [1.29, 1.82) is 0 Å². The van der Waals surface area contributed by atoms with Crippen molar-refractivity contribution in [3.63, 3.8) is 0 Å². The lowest BCUT2D eigenvalue weighted by molar-refractivity contribution is -0.122. The molecule has 3 aromatic rings. The van der Waals surface area contributed by atoms with Crippen LogP contribution in [0.15, 0.2) is 71.6 Å². The molecular weight excluding hydrogens is 396 g/mol. The van der Waals surface area contributed by atoms with Gasteiger partial charge >= 0.3 is 0 Å². The molecule has 1 unspecified atom stereocenters. The first-order valence-electron chi connectivity index (χ1n) is 9.70. The van der Waals surface area contributed by atoms with Gasteiger partial charge in [-0.05, 0) is 55.0 Å². The highest BCUT2D eigenvalue weighted by molar-refractivity contribution is 7.14. The summed E-state index contributed by atoms with van der Waals surface area (Å²) >= 11 is 1.61. The van der Waals surface area contributed by atoms with Gasteiger partial charge in [-0.1, -0.05) is 18.7 Å². The fraction of sp³-hybridized carbons (Fsp3) is 0.217. The van der Waals surface area contributed by atoms with Crippen LogP contribution in [-0.2, 0) is 9.53 Å². The van der Waals surface area contributed by atoms with Gasteiger partial charge in [0.2, 0.25) is 5.91 Å². The van der Waals surface area contributed by atoms with Crippen molar-refractivity contribution < 1.29 is 9.53 Å². The molecule has 1 saturated heterocycles. The van der Waals surface area contributed by atoms with E-state index in [-0.39, 0.29) is 5.91 Å². The van der Waals surface area contributed by atoms with Crippen LogP contribution in [0.3, 0.4) is 0 Å². The number of ether oxygens (including phenoxy) is 1. The van der Waals surface area contributed by atoms with E-state index in [9.17, 15) is 4.79 Å². The van der Waals surface area contributed by atoms with Gasteiger partial charge in [0, 0.05) is 18.0 Å². The second-order valence-electron chi connectivity index (χ2n) is 7.17. The number of nitrogens with zero attached hydrogens (tertiary/aromatic N) is 2. The summed E-state index contributed by atoms with van der Waals surface area (Å²) in [6.07, 6.45) is 6.34. The van der Waals surface area contributed by atoms with E-state index in [1.165, 1.54) is 0 Å². The Morgan fingerprint density at radius 1 is 1.43 bits per heavy atom. The second-order valence-corrected chi connectivity index (χ2v) is 8.12. The number of nitrogens with one attached hydrogen (secondary N) is 2. The highest BCUT2D eigenvalue weighted by atomic mass is 32.1. The number of aryl methyl sites for hydroxylation is 1. The van der Waals surface area contributed by atoms with Crippen molar-refractivity contribution in [3.8, 4) is 0 Å². The Balaban J connectivity index is 1.78. The Bertz CT molecular complexity index is 1170. The summed E-state index contributed by atoms with van der Waals surface area (Å²) < 4.78 is 7.17. The molecule has 1 aliphatic heterocycles. The minimum Gasteiger partial charge on any atom is -0.497 e. The SMILES string of the molecule is C=C(C=C1NC(=O)C(c2nc3ccc(C)cn3c2Nc2cccs2)CC1=CC)OC. The molecule has 0 bridgehead atoms. The molecular formula is C23H24N4O2S. The van der Waals surface area contributed by atoms with E-state index in [1.54, 1.807) is 24.5 Å². The molecule has 0 radical (unpaired) electrons. The van der Waals surface area contributed by atoms with Crippen molar-refractivity contribution in [2.75, 3.05) is 12.4 Å². The van der Waals surface area contributed by atoms with Crippen LogP contribution in [0.2, 0.25) is 0 Å². The molecule has 0 aromatic carbocycles. The van der Waals surface area contributed by atoms with E-state index >= 15 is 0 Å². The van der Waals surface area contributed by atoms with Crippen LogP contribution in [-0.4, -0.2) is 22.4 Å². The monoisotopic (exact) mass is 420 g/mol. The fourth-order valence-corrected chi connectivity index (χ4v) is 4.18. The Morgan fingerprint density at radius 2 is 2.27 bits per heavy atom. The molecule has 0 saturated carbocycles. The molecule has 30 heavy (non-hydrogen) atoms. The van der Waals surface area contributed by atoms with Crippen LogP contribution in [0, 0.1) is 6.92 Å². The minimum atomic E-state index is -0.410. The standard InChI is InChI=1S/C23H24N4O2S/c1-5-16-12-17(23(28)24-18(16)11-15(3)29-4)21-22(26-20-7-6-10-30-20)27-13-14(2)8-9-19(27)25-21/h5-11,13,17,26H,3,12H2,1-2,4H3,(H,24,28). The average Bonchev–Trinajstić information content (AvgIpc) is 3.37. The molecule has 0 spiro atoms. The number of hydrogen-bond donors (Lipinski definition) is 2. The van der Waals surface area contributed by atoms with E-state index in [4.69, 9.17) is 9.72 Å². The quantitative estimate of drug-likeness (QED) is 0.568. The highest BCUT2D eigenvalue weighted by Crippen LogP contribution is 2.37.